The van der Waals surface area contributed by atoms with Gasteiger partial charge in [-0.25, -0.2) is 5.84 Å². The zero-order valence-corrected chi connectivity index (χ0v) is 12.0. The van der Waals surface area contributed by atoms with Crippen molar-refractivity contribution in [2.24, 2.45) is 5.84 Å². The summed E-state index contributed by atoms with van der Waals surface area (Å²) in [5.74, 6) is 4.83. The number of hydrogen-bond acceptors (Lipinski definition) is 4. The number of benzene rings is 1. The summed E-state index contributed by atoms with van der Waals surface area (Å²) >= 11 is 1.40. The Morgan fingerprint density at radius 1 is 1.20 bits per heavy atom. The van der Waals surface area contributed by atoms with Crippen LogP contribution in [0.3, 0.4) is 0 Å². The van der Waals surface area contributed by atoms with Crippen LogP contribution in [0.15, 0.2) is 42.5 Å². The largest absolute Gasteiger partial charge is 0.376 e. The molecule has 0 bridgehead atoms. The van der Waals surface area contributed by atoms with Gasteiger partial charge in [-0.15, -0.1) is 11.3 Å². The minimum Gasteiger partial charge on any atom is -0.376 e. The summed E-state index contributed by atoms with van der Waals surface area (Å²) in [6.45, 7) is 1.25. The Morgan fingerprint density at radius 3 is 2.75 bits per heavy atom. The zero-order chi connectivity index (χ0) is 14.2. The average Bonchev–Trinajstić information content (AvgIpc) is 2.96. The molecule has 1 amide bonds. The molecule has 0 radical (unpaired) electrons. The molecule has 0 saturated carbocycles. The molecule has 1 heterocycles. The minimum absolute atomic E-state index is 0.259. The third-order valence-corrected chi connectivity index (χ3v) is 3.92. The van der Waals surface area contributed by atoms with Crippen LogP contribution in [0.1, 0.15) is 26.5 Å². The Morgan fingerprint density at radius 2 is 2.00 bits per heavy atom. The Bertz CT molecular complexity index is 540. The van der Waals surface area contributed by atoms with Crippen LogP contribution in [-0.4, -0.2) is 12.5 Å². The van der Waals surface area contributed by atoms with Crippen LogP contribution in [0.5, 0.6) is 0 Å². The van der Waals surface area contributed by atoms with Crippen LogP contribution in [0.4, 0.5) is 0 Å². The number of carbonyl (C=O) groups is 1. The van der Waals surface area contributed by atoms with E-state index in [0.717, 1.165) is 17.7 Å². The summed E-state index contributed by atoms with van der Waals surface area (Å²) < 4.78 is 5.62. The van der Waals surface area contributed by atoms with Crippen molar-refractivity contribution in [3.63, 3.8) is 0 Å². The first-order valence-corrected chi connectivity index (χ1v) is 7.32. The molecular weight excluding hydrogens is 272 g/mol. The quantitative estimate of drug-likeness (QED) is 0.356. The van der Waals surface area contributed by atoms with Crippen molar-refractivity contribution in [3.8, 4) is 0 Å². The van der Waals surface area contributed by atoms with Crippen LogP contribution in [0.2, 0.25) is 0 Å². The Labute approximate surface area is 122 Å². The Hall–Kier alpha value is -1.69. The molecule has 4 nitrogen and oxygen atoms in total. The zero-order valence-electron chi connectivity index (χ0n) is 11.2. The molecule has 2 aromatic rings. The van der Waals surface area contributed by atoms with Crippen LogP contribution >= 0.6 is 11.3 Å². The van der Waals surface area contributed by atoms with Crippen molar-refractivity contribution in [1.29, 1.82) is 0 Å². The summed E-state index contributed by atoms with van der Waals surface area (Å²) in [6.07, 6.45) is 2.01. The van der Waals surface area contributed by atoms with Gasteiger partial charge in [0.05, 0.1) is 11.5 Å². The number of rotatable bonds is 7. The molecule has 0 spiro atoms. The first kappa shape index (κ1) is 14.7. The number of ether oxygens (including phenoxy) is 1. The first-order valence-electron chi connectivity index (χ1n) is 6.51. The normalized spacial score (nSPS) is 10.4. The van der Waals surface area contributed by atoms with Gasteiger partial charge in [0, 0.05) is 11.5 Å². The maximum absolute atomic E-state index is 11.3. The predicted molar refractivity (Wildman–Crippen MR) is 80.4 cm³/mol. The van der Waals surface area contributed by atoms with Crippen molar-refractivity contribution in [2.75, 3.05) is 6.61 Å². The molecule has 5 heteroatoms. The van der Waals surface area contributed by atoms with Crippen molar-refractivity contribution >= 4 is 17.2 Å². The van der Waals surface area contributed by atoms with Gasteiger partial charge >= 0.3 is 0 Å². The van der Waals surface area contributed by atoms with E-state index in [-0.39, 0.29) is 5.91 Å². The fourth-order valence-electron chi connectivity index (χ4n) is 1.84. The highest BCUT2D eigenvalue weighted by Crippen LogP contribution is 2.17. The van der Waals surface area contributed by atoms with E-state index >= 15 is 0 Å². The lowest BCUT2D eigenvalue weighted by molar-refractivity contribution is 0.0957. The van der Waals surface area contributed by atoms with Crippen LogP contribution in [0.25, 0.3) is 0 Å². The van der Waals surface area contributed by atoms with Gasteiger partial charge in [0.2, 0.25) is 0 Å². The predicted octanol–water partition coefficient (Wildman–Crippen LogP) is 2.50. The second-order valence-electron chi connectivity index (χ2n) is 4.38. The summed E-state index contributed by atoms with van der Waals surface area (Å²) in [4.78, 5) is 12.9. The molecule has 0 atom stereocenters. The number of nitrogen functional groups attached to an aromatic ring is 1. The van der Waals surface area contributed by atoms with Crippen LogP contribution in [0, 0.1) is 0 Å². The molecule has 1 aromatic carbocycles. The minimum atomic E-state index is -0.259. The van der Waals surface area contributed by atoms with E-state index in [4.69, 9.17) is 10.6 Å². The number of nitrogens with one attached hydrogen (secondary N) is 1. The molecule has 0 saturated heterocycles. The lowest BCUT2D eigenvalue weighted by Crippen LogP contribution is -2.29. The third kappa shape index (κ3) is 4.45. The second kappa shape index (κ2) is 7.79. The van der Waals surface area contributed by atoms with Gasteiger partial charge in [0.25, 0.3) is 5.91 Å². The van der Waals surface area contributed by atoms with Gasteiger partial charge in [0.15, 0.2) is 0 Å². The number of carbonyl (C=O) groups excluding carboxylic acids is 1. The van der Waals surface area contributed by atoms with E-state index in [1.807, 2.05) is 24.3 Å². The van der Waals surface area contributed by atoms with E-state index < -0.39 is 0 Å². The van der Waals surface area contributed by atoms with Crippen LogP contribution < -0.4 is 11.3 Å². The number of amides is 1. The standard InChI is InChI=1S/C15H18N2O2S/c16-17-15(18)14-9-8-13(20-14)11-19-10-4-7-12-5-2-1-3-6-12/h1-3,5-6,8-9H,4,7,10-11,16H2,(H,17,18). The van der Waals surface area contributed by atoms with E-state index in [2.05, 4.69) is 17.6 Å². The summed E-state index contributed by atoms with van der Waals surface area (Å²) in [7, 11) is 0. The molecule has 0 aliphatic rings. The molecule has 0 aliphatic carbocycles. The maximum atomic E-state index is 11.3. The van der Waals surface area contributed by atoms with Crippen molar-refractivity contribution in [1.82, 2.24) is 5.43 Å². The molecule has 106 valence electrons. The molecule has 3 N–H and O–H groups in total. The number of aryl methyl sites for hydroxylation is 1. The average molecular weight is 290 g/mol. The van der Waals surface area contributed by atoms with Crippen molar-refractivity contribution in [2.45, 2.75) is 19.4 Å². The molecule has 0 fully saturated rings. The number of hydrogen-bond donors (Lipinski definition) is 2. The van der Waals surface area contributed by atoms with Gasteiger partial charge in [-0.1, -0.05) is 30.3 Å². The molecule has 1 aromatic heterocycles. The number of thiophene rings is 1. The van der Waals surface area contributed by atoms with E-state index in [0.29, 0.717) is 18.1 Å². The summed E-state index contributed by atoms with van der Waals surface area (Å²) in [5.41, 5.74) is 3.45. The fraction of sp³-hybridized carbons (Fsp3) is 0.267. The van der Waals surface area contributed by atoms with Gasteiger partial charge in [0.1, 0.15) is 0 Å². The van der Waals surface area contributed by atoms with Crippen molar-refractivity contribution in [3.05, 3.63) is 57.8 Å². The van der Waals surface area contributed by atoms with Gasteiger partial charge in [-0.2, -0.15) is 0 Å². The summed E-state index contributed by atoms with van der Waals surface area (Å²) in [5, 5.41) is 0. The molecule has 0 unspecified atom stereocenters. The highest BCUT2D eigenvalue weighted by atomic mass is 32.1. The lowest BCUT2D eigenvalue weighted by Gasteiger charge is -2.03. The number of nitrogens with two attached hydrogens (primary N) is 1. The maximum Gasteiger partial charge on any atom is 0.275 e. The SMILES string of the molecule is NNC(=O)c1ccc(COCCCc2ccccc2)s1. The van der Waals surface area contributed by atoms with Crippen LogP contribution in [-0.2, 0) is 17.8 Å². The topological polar surface area (TPSA) is 64.3 Å². The van der Waals surface area contributed by atoms with E-state index in [9.17, 15) is 4.79 Å². The van der Waals surface area contributed by atoms with Gasteiger partial charge in [-0.3, -0.25) is 10.2 Å². The smallest absolute Gasteiger partial charge is 0.275 e. The highest BCUT2D eigenvalue weighted by molar-refractivity contribution is 7.14. The molecular formula is C15H18N2O2S. The monoisotopic (exact) mass is 290 g/mol. The van der Waals surface area contributed by atoms with Crippen molar-refractivity contribution < 1.29 is 9.53 Å². The Kier molecular flexibility index (Phi) is 5.73. The molecule has 0 aliphatic heterocycles. The van der Waals surface area contributed by atoms with E-state index in [1.54, 1.807) is 6.07 Å². The molecule has 20 heavy (non-hydrogen) atoms. The van der Waals surface area contributed by atoms with Gasteiger partial charge in [-0.05, 0) is 30.5 Å². The second-order valence-corrected chi connectivity index (χ2v) is 5.55. The van der Waals surface area contributed by atoms with E-state index in [1.165, 1.54) is 16.9 Å². The molecule has 2 rings (SSSR count). The first-order chi connectivity index (χ1) is 9.79. The summed E-state index contributed by atoms with van der Waals surface area (Å²) in [6, 6.07) is 14.0. The Balaban J connectivity index is 1.66. The lowest BCUT2D eigenvalue weighted by atomic mass is 10.1. The van der Waals surface area contributed by atoms with Gasteiger partial charge < -0.3 is 4.74 Å². The highest BCUT2D eigenvalue weighted by Gasteiger charge is 2.07. The third-order valence-electron chi connectivity index (χ3n) is 2.86. The fourth-order valence-corrected chi connectivity index (χ4v) is 2.69. The number of hydrazine groups is 1.